The third-order valence-electron chi connectivity index (χ3n) is 1.84. The van der Waals surface area contributed by atoms with Crippen LogP contribution in [0.3, 0.4) is 0 Å². The van der Waals surface area contributed by atoms with Gasteiger partial charge < -0.3 is 14.7 Å². The molecule has 0 unspecified atom stereocenters. The Balaban J connectivity index is 2.84. The van der Waals surface area contributed by atoms with E-state index in [-0.39, 0.29) is 0 Å². The molecule has 0 atom stereocenters. The van der Waals surface area contributed by atoms with Crippen molar-refractivity contribution in [1.29, 1.82) is 0 Å². The summed E-state index contributed by atoms with van der Waals surface area (Å²) >= 11 is 0. The number of ether oxygens (including phenoxy) is 1. The van der Waals surface area contributed by atoms with Gasteiger partial charge in [0.05, 0.1) is 0 Å². The summed E-state index contributed by atoms with van der Waals surface area (Å²) < 4.78 is 5.42. The molecular weight excluding hydrogens is 166 g/mol. The molecule has 0 fully saturated rings. The summed E-state index contributed by atoms with van der Waals surface area (Å²) in [5.74, 6) is 0. The molecule has 0 aliphatic heterocycles. The number of aliphatic hydroxyl groups is 1. The molecule has 0 spiro atoms. The Bertz CT molecular complexity index is 96.9. The average molecular weight is 189 g/mol. The van der Waals surface area contributed by atoms with Gasteiger partial charge in [0.15, 0.2) is 0 Å². The molecule has 0 radical (unpaired) electrons. The molecule has 0 aliphatic carbocycles. The zero-order valence-corrected chi connectivity index (χ0v) is 8.96. The molecule has 0 rings (SSSR count). The zero-order chi connectivity index (χ0) is 9.94. The first kappa shape index (κ1) is 12.9. The minimum absolute atomic E-state index is 0.306. The van der Waals surface area contributed by atoms with Crippen molar-refractivity contribution in [1.82, 2.24) is 4.90 Å². The van der Waals surface area contributed by atoms with Crippen molar-refractivity contribution < 1.29 is 9.84 Å². The van der Waals surface area contributed by atoms with Crippen molar-refractivity contribution in [3.8, 4) is 0 Å². The second kappa shape index (κ2) is 9.96. The van der Waals surface area contributed by atoms with E-state index in [0.29, 0.717) is 6.61 Å². The predicted molar refractivity (Wildman–Crippen MR) is 54.9 cm³/mol. The van der Waals surface area contributed by atoms with E-state index in [1.807, 2.05) is 0 Å². The van der Waals surface area contributed by atoms with Crippen LogP contribution in [0.2, 0.25) is 0 Å². The highest BCUT2D eigenvalue weighted by Gasteiger charge is 1.91. The lowest BCUT2D eigenvalue weighted by Gasteiger charge is -2.09. The maximum absolute atomic E-state index is 8.52. The molecule has 80 valence electrons. The minimum Gasteiger partial charge on any atom is -0.396 e. The summed E-state index contributed by atoms with van der Waals surface area (Å²) in [7, 11) is 4.14. The van der Waals surface area contributed by atoms with Gasteiger partial charge in [0.25, 0.3) is 0 Å². The van der Waals surface area contributed by atoms with Crippen LogP contribution in [0.5, 0.6) is 0 Å². The molecule has 0 amide bonds. The predicted octanol–water partition coefficient (Wildman–Crippen LogP) is 1.12. The van der Waals surface area contributed by atoms with Crippen LogP contribution < -0.4 is 0 Å². The van der Waals surface area contributed by atoms with E-state index >= 15 is 0 Å². The molecule has 0 saturated heterocycles. The van der Waals surface area contributed by atoms with Gasteiger partial charge in [0, 0.05) is 19.8 Å². The van der Waals surface area contributed by atoms with Crippen molar-refractivity contribution in [2.24, 2.45) is 0 Å². The van der Waals surface area contributed by atoms with E-state index in [2.05, 4.69) is 19.0 Å². The van der Waals surface area contributed by atoms with Crippen molar-refractivity contribution in [3.05, 3.63) is 0 Å². The molecule has 0 aromatic rings. The van der Waals surface area contributed by atoms with Gasteiger partial charge in [-0.05, 0) is 46.3 Å². The van der Waals surface area contributed by atoms with Crippen LogP contribution in [0.15, 0.2) is 0 Å². The van der Waals surface area contributed by atoms with Gasteiger partial charge in [0.1, 0.15) is 0 Å². The van der Waals surface area contributed by atoms with Gasteiger partial charge in [-0.3, -0.25) is 0 Å². The number of unbranched alkanes of at least 4 members (excludes halogenated alkanes) is 2. The number of hydrogen-bond acceptors (Lipinski definition) is 3. The number of hydrogen-bond donors (Lipinski definition) is 1. The molecule has 0 saturated carbocycles. The van der Waals surface area contributed by atoms with E-state index in [4.69, 9.17) is 9.84 Å². The molecule has 13 heavy (non-hydrogen) atoms. The maximum atomic E-state index is 8.52. The normalized spacial score (nSPS) is 11.1. The van der Waals surface area contributed by atoms with E-state index in [9.17, 15) is 0 Å². The van der Waals surface area contributed by atoms with Gasteiger partial charge in [0.2, 0.25) is 0 Å². The Morgan fingerprint density at radius 1 is 1.00 bits per heavy atom. The average Bonchev–Trinajstić information content (AvgIpc) is 2.09. The quantitative estimate of drug-likeness (QED) is 0.552. The summed E-state index contributed by atoms with van der Waals surface area (Å²) in [5, 5.41) is 8.52. The summed E-state index contributed by atoms with van der Waals surface area (Å²) in [6, 6.07) is 0. The van der Waals surface area contributed by atoms with Gasteiger partial charge in [-0.25, -0.2) is 0 Å². The molecule has 3 heteroatoms. The fraction of sp³-hybridized carbons (Fsp3) is 1.00. The Labute approximate surface area is 81.7 Å². The van der Waals surface area contributed by atoms with Crippen molar-refractivity contribution in [3.63, 3.8) is 0 Å². The number of nitrogens with zero attached hydrogens (tertiary/aromatic N) is 1. The van der Waals surface area contributed by atoms with E-state index in [0.717, 1.165) is 45.4 Å². The molecular formula is C10H23NO2. The Hall–Kier alpha value is -0.120. The molecule has 0 heterocycles. The lowest BCUT2D eigenvalue weighted by atomic mass is 10.2. The van der Waals surface area contributed by atoms with Gasteiger partial charge >= 0.3 is 0 Å². The summed E-state index contributed by atoms with van der Waals surface area (Å²) in [4.78, 5) is 2.16. The highest BCUT2D eigenvalue weighted by atomic mass is 16.5. The monoisotopic (exact) mass is 189 g/mol. The Morgan fingerprint density at radius 2 is 1.69 bits per heavy atom. The molecule has 3 nitrogen and oxygen atoms in total. The first-order chi connectivity index (χ1) is 6.27. The lowest BCUT2D eigenvalue weighted by molar-refractivity contribution is 0.120. The van der Waals surface area contributed by atoms with E-state index < -0.39 is 0 Å². The van der Waals surface area contributed by atoms with Crippen LogP contribution in [0, 0.1) is 0 Å². The fourth-order valence-corrected chi connectivity index (χ4v) is 1.08. The zero-order valence-electron chi connectivity index (χ0n) is 8.96. The molecule has 1 N–H and O–H groups in total. The van der Waals surface area contributed by atoms with Crippen molar-refractivity contribution >= 4 is 0 Å². The van der Waals surface area contributed by atoms with Crippen molar-refractivity contribution in [2.75, 3.05) is 40.5 Å². The molecule has 0 aliphatic rings. The topological polar surface area (TPSA) is 32.7 Å². The fourth-order valence-electron chi connectivity index (χ4n) is 1.08. The SMILES string of the molecule is CN(C)CCCOCCCCCO. The molecule has 0 aromatic heterocycles. The first-order valence-corrected chi connectivity index (χ1v) is 5.10. The largest absolute Gasteiger partial charge is 0.396 e. The summed E-state index contributed by atoms with van der Waals surface area (Å²) in [5.41, 5.74) is 0. The van der Waals surface area contributed by atoms with E-state index in [1.165, 1.54) is 0 Å². The lowest BCUT2D eigenvalue weighted by Crippen LogP contribution is -2.14. The van der Waals surface area contributed by atoms with Crippen LogP contribution >= 0.6 is 0 Å². The van der Waals surface area contributed by atoms with Crippen LogP contribution in [-0.4, -0.2) is 50.5 Å². The minimum atomic E-state index is 0.306. The Kier molecular flexibility index (Phi) is 9.87. The highest BCUT2D eigenvalue weighted by molar-refractivity contribution is 4.43. The highest BCUT2D eigenvalue weighted by Crippen LogP contribution is 1.95. The van der Waals surface area contributed by atoms with Gasteiger partial charge in [-0.2, -0.15) is 0 Å². The molecule has 0 bridgehead atoms. The van der Waals surface area contributed by atoms with Crippen molar-refractivity contribution in [2.45, 2.75) is 25.7 Å². The smallest absolute Gasteiger partial charge is 0.0478 e. The summed E-state index contributed by atoms with van der Waals surface area (Å²) in [6.45, 7) is 3.10. The second-order valence-corrected chi connectivity index (χ2v) is 3.55. The van der Waals surface area contributed by atoms with Crippen LogP contribution in [0.1, 0.15) is 25.7 Å². The number of rotatable bonds is 9. The van der Waals surface area contributed by atoms with Crippen LogP contribution in [-0.2, 0) is 4.74 Å². The Morgan fingerprint density at radius 3 is 2.31 bits per heavy atom. The summed E-state index contributed by atoms with van der Waals surface area (Å²) in [6.07, 6.45) is 4.15. The van der Waals surface area contributed by atoms with Gasteiger partial charge in [-0.15, -0.1) is 0 Å². The first-order valence-electron chi connectivity index (χ1n) is 5.10. The van der Waals surface area contributed by atoms with Gasteiger partial charge in [-0.1, -0.05) is 0 Å². The standard InChI is InChI=1S/C10H23NO2/c1-11(2)7-6-10-13-9-5-3-4-8-12/h12H,3-10H2,1-2H3. The van der Waals surface area contributed by atoms with Crippen LogP contribution in [0.4, 0.5) is 0 Å². The second-order valence-electron chi connectivity index (χ2n) is 3.55. The van der Waals surface area contributed by atoms with E-state index in [1.54, 1.807) is 0 Å². The molecule has 0 aromatic carbocycles. The maximum Gasteiger partial charge on any atom is 0.0478 e. The van der Waals surface area contributed by atoms with Crippen LogP contribution in [0.25, 0.3) is 0 Å². The number of aliphatic hydroxyl groups excluding tert-OH is 1. The third-order valence-corrected chi connectivity index (χ3v) is 1.84. The third kappa shape index (κ3) is 11.9.